The molecule has 0 aromatic heterocycles. The van der Waals surface area contributed by atoms with E-state index >= 15 is 0 Å². The summed E-state index contributed by atoms with van der Waals surface area (Å²) in [5, 5.41) is 0. The molecule has 0 aliphatic heterocycles. The van der Waals surface area contributed by atoms with Crippen molar-refractivity contribution in [1.82, 2.24) is 0 Å². The van der Waals surface area contributed by atoms with E-state index in [9.17, 15) is 0 Å². The van der Waals surface area contributed by atoms with E-state index in [1.165, 1.54) is 0 Å². The van der Waals surface area contributed by atoms with Gasteiger partial charge in [0.15, 0.2) is 0 Å². The first-order valence-electron chi connectivity index (χ1n) is 4.90. The Morgan fingerprint density at radius 2 is 1.56 bits per heavy atom. The largest absolute Gasteiger partial charge is 0.256 e. The summed E-state index contributed by atoms with van der Waals surface area (Å²) in [5.41, 5.74) is 1.70. The second kappa shape index (κ2) is 9.41. The molecule has 0 N–H and O–H groups in total. The summed E-state index contributed by atoms with van der Waals surface area (Å²) < 4.78 is 0. The lowest BCUT2D eigenvalue weighted by Gasteiger charge is -2.00. The second-order valence-electron chi connectivity index (χ2n) is 2.75. The van der Waals surface area contributed by atoms with Crippen molar-refractivity contribution in [3.05, 3.63) is 86.2 Å². The van der Waals surface area contributed by atoms with Crippen LogP contribution in [0.15, 0.2) is 91.2 Å². The molecule has 0 saturated heterocycles. The molecule has 0 spiro atoms. The zero-order chi connectivity index (χ0) is 12.2. The molecule has 0 atom stereocenters. The van der Waals surface area contributed by atoms with Crippen LogP contribution < -0.4 is 0 Å². The van der Waals surface area contributed by atoms with E-state index in [0.29, 0.717) is 0 Å². The molecule has 1 heteroatoms. The minimum atomic E-state index is 0.790. The van der Waals surface area contributed by atoms with Crippen molar-refractivity contribution in [2.75, 3.05) is 0 Å². The van der Waals surface area contributed by atoms with E-state index in [0.717, 1.165) is 11.3 Å². The van der Waals surface area contributed by atoms with Gasteiger partial charge in [0.25, 0.3) is 0 Å². The summed E-state index contributed by atoms with van der Waals surface area (Å²) in [6.45, 7) is 14.6. The third-order valence-electron chi connectivity index (χ3n) is 1.63. The molecule has 0 radical (unpaired) electrons. The monoisotopic (exact) mass is 211 g/mol. The lowest BCUT2D eigenvalue weighted by atomic mass is 10.1. The Morgan fingerprint density at radius 3 is 2.06 bits per heavy atom. The average molecular weight is 211 g/mol. The maximum Gasteiger partial charge on any atom is 0.0701 e. The molecule has 1 nitrogen and oxygen atoms in total. The third kappa shape index (κ3) is 5.55. The zero-order valence-corrected chi connectivity index (χ0v) is 9.47. The van der Waals surface area contributed by atoms with Gasteiger partial charge in [-0.15, -0.1) is 0 Å². The molecule has 0 fully saturated rings. The van der Waals surface area contributed by atoms with E-state index in [1.807, 2.05) is 24.3 Å². The van der Waals surface area contributed by atoms with Gasteiger partial charge in [0.05, 0.1) is 5.70 Å². The van der Waals surface area contributed by atoms with Crippen LogP contribution >= 0.6 is 0 Å². The van der Waals surface area contributed by atoms with E-state index in [-0.39, 0.29) is 0 Å². The Morgan fingerprint density at radius 1 is 0.812 bits per heavy atom. The van der Waals surface area contributed by atoms with Crippen molar-refractivity contribution < 1.29 is 0 Å². The highest BCUT2D eigenvalue weighted by atomic mass is 14.7. The maximum absolute atomic E-state index is 4.23. The molecule has 82 valence electrons. The summed E-state index contributed by atoms with van der Waals surface area (Å²) in [4.78, 5) is 4.23. The van der Waals surface area contributed by atoms with Crippen LogP contribution in [0.25, 0.3) is 0 Å². The molecule has 0 saturated carbocycles. The first-order valence-corrected chi connectivity index (χ1v) is 4.90. The topological polar surface area (TPSA) is 12.4 Å². The van der Waals surface area contributed by atoms with Crippen LogP contribution in [-0.4, -0.2) is 6.21 Å². The van der Waals surface area contributed by atoms with E-state index < -0.39 is 0 Å². The number of allylic oxidation sites excluding steroid dienone is 8. The number of hydrogen-bond donors (Lipinski definition) is 0. The fourth-order valence-corrected chi connectivity index (χ4v) is 0.954. The zero-order valence-electron chi connectivity index (χ0n) is 9.47. The summed E-state index contributed by atoms with van der Waals surface area (Å²) in [6.07, 6.45) is 15.8. The van der Waals surface area contributed by atoms with Crippen molar-refractivity contribution in [2.24, 2.45) is 4.99 Å². The van der Waals surface area contributed by atoms with Gasteiger partial charge in [-0.25, -0.2) is 0 Å². The van der Waals surface area contributed by atoms with Crippen LogP contribution in [0.4, 0.5) is 0 Å². The van der Waals surface area contributed by atoms with Gasteiger partial charge in [0.1, 0.15) is 0 Å². The van der Waals surface area contributed by atoms with Crippen LogP contribution in [0.5, 0.6) is 0 Å². The van der Waals surface area contributed by atoms with Gasteiger partial charge < -0.3 is 0 Å². The fourth-order valence-electron chi connectivity index (χ4n) is 0.954. The van der Waals surface area contributed by atoms with Gasteiger partial charge in [0.2, 0.25) is 0 Å². The van der Waals surface area contributed by atoms with Gasteiger partial charge in [0, 0.05) is 6.21 Å². The first-order chi connectivity index (χ1) is 7.79. The molecule has 0 aliphatic carbocycles. The van der Waals surface area contributed by atoms with Gasteiger partial charge in [-0.2, -0.15) is 0 Å². The Hall–Kier alpha value is -2.15. The summed E-state index contributed by atoms with van der Waals surface area (Å²) in [6, 6.07) is 0. The molecule has 0 bridgehead atoms. The smallest absolute Gasteiger partial charge is 0.0701 e. The Bertz CT molecular complexity index is 376. The van der Waals surface area contributed by atoms with Gasteiger partial charge in [-0.3, -0.25) is 4.99 Å². The van der Waals surface area contributed by atoms with Crippen LogP contribution in [0, 0.1) is 0 Å². The average Bonchev–Trinajstić information content (AvgIpc) is 2.31. The van der Waals surface area contributed by atoms with Crippen LogP contribution in [0.1, 0.15) is 0 Å². The normalized spacial score (nSPS) is 13.0. The highest BCUT2D eigenvalue weighted by Gasteiger charge is 1.95. The van der Waals surface area contributed by atoms with E-state index in [2.05, 4.69) is 31.3 Å². The van der Waals surface area contributed by atoms with Gasteiger partial charge in [-0.1, -0.05) is 68.8 Å². The SMILES string of the molecule is C=CC=NC(=C\C=C)/C(C=C)=C/C=C\C=C. The number of nitrogens with zero attached hydrogens (tertiary/aromatic N) is 1. The minimum Gasteiger partial charge on any atom is -0.256 e. The van der Waals surface area contributed by atoms with Crippen molar-refractivity contribution >= 4 is 6.21 Å². The van der Waals surface area contributed by atoms with Crippen molar-refractivity contribution in [3.8, 4) is 0 Å². The van der Waals surface area contributed by atoms with Crippen molar-refractivity contribution in [3.63, 3.8) is 0 Å². The number of rotatable bonds is 7. The first kappa shape index (κ1) is 13.8. The van der Waals surface area contributed by atoms with Gasteiger partial charge >= 0.3 is 0 Å². The Labute approximate surface area is 97.9 Å². The number of aliphatic imine (C=N–C) groups is 1. The maximum atomic E-state index is 4.23. The second-order valence-corrected chi connectivity index (χ2v) is 2.75. The quantitative estimate of drug-likeness (QED) is 0.443. The predicted molar refractivity (Wildman–Crippen MR) is 74.6 cm³/mol. The van der Waals surface area contributed by atoms with Crippen molar-refractivity contribution in [1.29, 1.82) is 0 Å². The predicted octanol–water partition coefficient (Wildman–Crippen LogP) is 4.17. The highest BCUT2D eigenvalue weighted by molar-refractivity contribution is 5.72. The standard InChI is InChI=1S/C15H17N/c1-5-9-10-12-14(8-4)15(11-6-2)16-13-7-3/h5-13H,1-4H2/b10-9-,14-12+,15-11-,16-13?. The van der Waals surface area contributed by atoms with E-state index in [4.69, 9.17) is 0 Å². The van der Waals surface area contributed by atoms with Crippen LogP contribution in [-0.2, 0) is 0 Å². The molecule has 0 amide bonds. The molecule has 0 unspecified atom stereocenters. The van der Waals surface area contributed by atoms with Crippen LogP contribution in [0.3, 0.4) is 0 Å². The van der Waals surface area contributed by atoms with Gasteiger partial charge in [-0.05, 0) is 11.6 Å². The molecular weight excluding hydrogens is 194 g/mol. The summed E-state index contributed by atoms with van der Waals surface area (Å²) in [5.74, 6) is 0. The molecule has 16 heavy (non-hydrogen) atoms. The summed E-state index contributed by atoms with van der Waals surface area (Å²) >= 11 is 0. The van der Waals surface area contributed by atoms with Crippen molar-refractivity contribution in [2.45, 2.75) is 0 Å². The summed E-state index contributed by atoms with van der Waals surface area (Å²) in [7, 11) is 0. The lowest BCUT2D eigenvalue weighted by Crippen LogP contribution is -1.83. The fraction of sp³-hybridized carbons (Fsp3) is 0. The Kier molecular flexibility index (Phi) is 8.14. The molecule has 0 aromatic rings. The molecule has 0 heterocycles. The minimum absolute atomic E-state index is 0.790. The number of hydrogen-bond acceptors (Lipinski definition) is 1. The molecule has 0 aromatic carbocycles. The lowest BCUT2D eigenvalue weighted by molar-refractivity contribution is 1.36. The molecule has 0 rings (SSSR count). The third-order valence-corrected chi connectivity index (χ3v) is 1.63. The van der Waals surface area contributed by atoms with E-state index in [1.54, 1.807) is 30.5 Å². The van der Waals surface area contributed by atoms with Crippen LogP contribution in [0.2, 0.25) is 0 Å². The molecular formula is C15H17N. The molecule has 0 aliphatic rings. The highest BCUT2D eigenvalue weighted by Crippen LogP contribution is 2.12. The Balaban J connectivity index is 5.13.